The van der Waals surface area contributed by atoms with Crippen molar-refractivity contribution in [2.75, 3.05) is 29.5 Å². The average molecular weight is 392 g/mol. The quantitative estimate of drug-likeness (QED) is 0.734. The number of nitrogens with zero attached hydrogens (tertiary/aromatic N) is 2. The van der Waals surface area contributed by atoms with Crippen LogP contribution in [-0.4, -0.2) is 37.5 Å². The van der Waals surface area contributed by atoms with Gasteiger partial charge in [-0.3, -0.25) is 14.4 Å². The van der Waals surface area contributed by atoms with Crippen molar-refractivity contribution in [3.63, 3.8) is 0 Å². The van der Waals surface area contributed by atoms with Crippen LogP contribution < -0.4 is 9.80 Å². The van der Waals surface area contributed by atoms with Gasteiger partial charge in [0, 0.05) is 30.9 Å². The second-order valence-corrected chi connectivity index (χ2v) is 7.46. The Morgan fingerprint density at radius 2 is 1.86 bits per heavy atom. The Labute approximate surface area is 170 Å². The molecule has 0 aromatic heterocycles. The van der Waals surface area contributed by atoms with Gasteiger partial charge in [0.15, 0.2) is 6.61 Å². The molecule has 150 valence electrons. The first-order valence-electron chi connectivity index (χ1n) is 10.0. The van der Waals surface area contributed by atoms with Gasteiger partial charge < -0.3 is 14.5 Å². The summed E-state index contributed by atoms with van der Waals surface area (Å²) in [5.41, 5.74) is 3.98. The molecule has 2 aromatic carbocycles. The molecule has 1 saturated heterocycles. The van der Waals surface area contributed by atoms with Crippen molar-refractivity contribution in [3.05, 3.63) is 59.7 Å². The third kappa shape index (κ3) is 3.88. The Hall–Kier alpha value is -3.15. The summed E-state index contributed by atoms with van der Waals surface area (Å²) in [4.78, 5) is 40.6. The number of fused-ring (bicyclic) bond motifs is 1. The van der Waals surface area contributed by atoms with Crippen LogP contribution in [0.25, 0.3) is 0 Å². The van der Waals surface area contributed by atoms with Crippen LogP contribution in [-0.2, 0) is 32.0 Å². The third-order valence-electron chi connectivity index (χ3n) is 5.64. The predicted molar refractivity (Wildman–Crippen MR) is 110 cm³/mol. The van der Waals surface area contributed by atoms with Crippen molar-refractivity contribution in [3.8, 4) is 0 Å². The van der Waals surface area contributed by atoms with Crippen molar-refractivity contribution in [1.29, 1.82) is 0 Å². The van der Waals surface area contributed by atoms with E-state index in [1.807, 2.05) is 48.5 Å². The summed E-state index contributed by atoms with van der Waals surface area (Å²) in [6.07, 6.45) is 1.84. The first-order chi connectivity index (χ1) is 14.1. The summed E-state index contributed by atoms with van der Waals surface area (Å²) in [5.74, 6) is -1.38. The van der Waals surface area contributed by atoms with Gasteiger partial charge in [-0.25, -0.2) is 0 Å². The zero-order valence-electron chi connectivity index (χ0n) is 16.5. The number of benzene rings is 2. The fraction of sp³-hybridized carbons (Fsp3) is 0.348. The van der Waals surface area contributed by atoms with Crippen LogP contribution in [0, 0.1) is 5.92 Å². The lowest BCUT2D eigenvalue weighted by Crippen LogP contribution is -2.34. The molecule has 1 unspecified atom stereocenters. The number of carbonyl (C=O) groups is 3. The fourth-order valence-corrected chi connectivity index (χ4v) is 3.95. The molecule has 0 spiro atoms. The lowest BCUT2D eigenvalue weighted by atomic mass is 10.1. The smallest absolute Gasteiger partial charge is 0.311 e. The van der Waals surface area contributed by atoms with E-state index in [-0.39, 0.29) is 31.4 Å². The lowest BCUT2D eigenvalue weighted by Gasteiger charge is -2.18. The summed E-state index contributed by atoms with van der Waals surface area (Å²) in [6, 6.07) is 15.5. The second-order valence-electron chi connectivity index (χ2n) is 7.46. The molecule has 2 aliphatic heterocycles. The number of amides is 2. The predicted octanol–water partition coefficient (Wildman–Crippen LogP) is 2.73. The lowest BCUT2D eigenvalue weighted by molar-refractivity contribution is -0.151. The number of para-hydroxylation sites is 1. The van der Waals surface area contributed by atoms with E-state index in [1.54, 1.807) is 9.80 Å². The van der Waals surface area contributed by atoms with Crippen LogP contribution in [0.5, 0.6) is 0 Å². The molecule has 2 aliphatic rings. The maximum atomic E-state index is 12.5. The van der Waals surface area contributed by atoms with Crippen molar-refractivity contribution < 1.29 is 19.1 Å². The maximum Gasteiger partial charge on any atom is 0.311 e. The largest absolute Gasteiger partial charge is 0.455 e. The molecule has 6 nitrogen and oxygen atoms in total. The standard InChI is InChI=1S/C23H24N2O4/c1-2-16-7-9-19(10-8-16)25-14-18(13-21(25)26)23(28)29-15-22(27)24-12-11-17-5-3-4-6-20(17)24/h3-10,18H,2,11-15H2,1H3. The van der Waals surface area contributed by atoms with E-state index in [0.717, 1.165) is 29.8 Å². The molecule has 0 bridgehead atoms. The third-order valence-corrected chi connectivity index (χ3v) is 5.64. The van der Waals surface area contributed by atoms with E-state index in [1.165, 1.54) is 5.56 Å². The Bertz CT molecular complexity index is 938. The van der Waals surface area contributed by atoms with E-state index < -0.39 is 11.9 Å². The Balaban J connectivity index is 1.33. The van der Waals surface area contributed by atoms with Gasteiger partial charge in [-0.15, -0.1) is 0 Å². The molecule has 1 atom stereocenters. The fourth-order valence-electron chi connectivity index (χ4n) is 3.95. The molecule has 1 fully saturated rings. The van der Waals surface area contributed by atoms with Gasteiger partial charge in [0.2, 0.25) is 5.91 Å². The second kappa shape index (κ2) is 8.07. The van der Waals surface area contributed by atoms with Crippen molar-refractivity contribution in [1.82, 2.24) is 0 Å². The minimum absolute atomic E-state index is 0.101. The van der Waals surface area contributed by atoms with Gasteiger partial charge >= 0.3 is 5.97 Å². The van der Waals surface area contributed by atoms with Gasteiger partial charge in [-0.05, 0) is 42.2 Å². The number of hydrogen-bond acceptors (Lipinski definition) is 4. The molecule has 29 heavy (non-hydrogen) atoms. The molecule has 0 aliphatic carbocycles. The summed E-state index contributed by atoms with van der Waals surface area (Å²) in [5, 5.41) is 0. The van der Waals surface area contributed by atoms with Crippen LogP contribution in [0.15, 0.2) is 48.5 Å². The molecule has 2 heterocycles. The number of anilines is 2. The number of hydrogen-bond donors (Lipinski definition) is 0. The normalized spacial score (nSPS) is 18.1. The SMILES string of the molecule is CCc1ccc(N2CC(C(=O)OCC(=O)N3CCc4ccccc43)CC2=O)cc1. The summed E-state index contributed by atoms with van der Waals surface area (Å²) < 4.78 is 5.28. The first kappa shape index (κ1) is 19.2. The zero-order chi connectivity index (χ0) is 20.4. The van der Waals surface area contributed by atoms with E-state index in [9.17, 15) is 14.4 Å². The summed E-state index contributed by atoms with van der Waals surface area (Å²) in [7, 11) is 0. The maximum absolute atomic E-state index is 12.5. The van der Waals surface area contributed by atoms with E-state index >= 15 is 0 Å². The van der Waals surface area contributed by atoms with Crippen molar-refractivity contribution in [2.45, 2.75) is 26.2 Å². The Morgan fingerprint density at radius 3 is 2.62 bits per heavy atom. The molecule has 0 radical (unpaired) electrons. The van der Waals surface area contributed by atoms with Gasteiger partial charge in [0.1, 0.15) is 0 Å². The van der Waals surface area contributed by atoms with E-state index in [2.05, 4.69) is 6.92 Å². The highest BCUT2D eigenvalue weighted by atomic mass is 16.5. The Kier molecular flexibility index (Phi) is 5.34. The summed E-state index contributed by atoms with van der Waals surface area (Å²) in [6.45, 7) is 2.65. The van der Waals surface area contributed by atoms with Gasteiger partial charge in [0.05, 0.1) is 5.92 Å². The van der Waals surface area contributed by atoms with E-state index in [0.29, 0.717) is 6.54 Å². The summed E-state index contributed by atoms with van der Waals surface area (Å²) >= 11 is 0. The zero-order valence-corrected chi connectivity index (χ0v) is 16.5. The molecular weight excluding hydrogens is 368 g/mol. The molecule has 6 heteroatoms. The average Bonchev–Trinajstić information content (AvgIpc) is 3.35. The topological polar surface area (TPSA) is 66.9 Å². The highest BCUT2D eigenvalue weighted by molar-refractivity contribution is 6.00. The van der Waals surface area contributed by atoms with Crippen LogP contribution >= 0.6 is 0 Å². The first-order valence-corrected chi connectivity index (χ1v) is 10.0. The van der Waals surface area contributed by atoms with Gasteiger partial charge in [-0.1, -0.05) is 37.3 Å². The number of carbonyl (C=O) groups excluding carboxylic acids is 3. The minimum Gasteiger partial charge on any atom is -0.455 e. The molecular formula is C23H24N2O4. The van der Waals surface area contributed by atoms with Crippen LogP contribution in [0.2, 0.25) is 0 Å². The minimum atomic E-state index is -0.549. The van der Waals surface area contributed by atoms with Gasteiger partial charge in [0.25, 0.3) is 5.91 Å². The van der Waals surface area contributed by atoms with Crippen LogP contribution in [0.1, 0.15) is 24.5 Å². The molecule has 0 saturated carbocycles. The number of ether oxygens (including phenoxy) is 1. The molecule has 0 N–H and O–H groups in total. The van der Waals surface area contributed by atoms with Gasteiger partial charge in [-0.2, -0.15) is 0 Å². The Morgan fingerprint density at radius 1 is 1.10 bits per heavy atom. The van der Waals surface area contributed by atoms with Crippen molar-refractivity contribution >= 4 is 29.2 Å². The number of rotatable bonds is 5. The number of esters is 1. The highest BCUT2D eigenvalue weighted by Gasteiger charge is 2.36. The highest BCUT2D eigenvalue weighted by Crippen LogP contribution is 2.28. The molecule has 2 aromatic rings. The number of aryl methyl sites for hydroxylation is 1. The van der Waals surface area contributed by atoms with E-state index in [4.69, 9.17) is 4.74 Å². The molecule has 4 rings (SSSR count). The molecule has 2 amide bonds. The van der Waals surface area contributed by atoms with Crippen LogP contribution in [0.4, 0.5) is 11.4 Å². The van der Waals surface area contributed by atoms with Crippen LogP contribution in [0.3, 0.4) is 0 Å². The van der Waals surface area contributed by atoms with Crippen molar-refractivity contribution in [2.24, 2.45) is 5.92 Å². The monoisotopic (exact) mass is 392 g/mol.